The zero-order chi connectivity index (χ0) is 26.0. The summed E-state index contributed by atoms with van der Waals surface area (Å²) < 4.78 is 5.56. The number of carbonyl (C=O) groups excluding carboxylic acids is 1. The van der Waals surface area contributed by atoms with Crippen molar-refractivity contribution >= 4 is 11.8 Å². The second-order valence-electron chi connectivity index (χ2n) is 12.3. The first kappa shape index (κ1) is 26.1. The van der Waals surface area contributed by atoms with E-state index >= 15 is 0 Å². The summed E-state index contributed by atoms with van der Waals surface area (Å²) in [7, 11) is 0. The maximum absolute atomic E-state index is 12.4. The van der Waals surface area contributed by atoms with Crippen LogP contribution in [0.4, 0.5) is 10.5 Å². The summed E-state index contributed by atoms with van der Waals surface area (Å²) in [5, 5.41) is 0. The average Bonchev–Trinajstić information content (AvgIpc) is 2.87. The summed E-state index contributed by atoms with van der Waals surface area (Å²) in [5.74, 6) is 0.727. The number of hydrogen-bond acceptors (Lipinski definition) is 5. The smallest absolute Gasteiger partial charge is 0.410 e. The van der Waals surface area contributed by atoms with Gasteiger partial charge in [-0.05, 0) is 68.4 Å². The summed E-state index contributed by atoms with van der Waals surface area (Å²) in [5.41, 5.74) is 5.23. The highest BCUT2D eigenvalue weighted by atomic mass is 16.6. The third-order valence-corrected chi connectivity index (χ3v) is 8.01. The molecule has 5 rings (SSSR count). The predicted molar refractivity (Wildman–Crippen MR) is 150 cm³/mol. The number of amides is 1. The van der Waals surface area contributed by atoms with Gasteiger partial charge in [0.15, 0.2) is 0 Å². The van der Waals surface area contributed by atoms with Crippen LogP contribution < -0.4 is 4.90 Å². The van der Waals surface area contributed by atoms with Gasteiger partial charge < -0.3 is 14.5 Å². The van der Waals surface area contributed by atoms with Gasteiger partial charge in [0.1, 0.15) is 5.60 Å². The Morgan fingerprint density at radius 2 is 1.70 bits per heavy atom. The number of likely N-dealkylation sites (tertiary alicyclic amines) is 1. The van der Waals surface area contributed by atoms with Crippen molar-refractivity contribution in [1.82, 2.24) is 14.7 Å². The predicted octanol–water partition coefficient (Wildman–Crippen LogP) is 5.01. The molecular weight excluding hydrogens is 460 g/mol. The topological polar surface area (TPSA) is 39.3 Å². The number of fused-ring (bicyclic) bond motifs is 1. The highest BCUT2D eigenvalue weighted by Crippen LogP contribution is 2.30. The molecule has 2 unspecified atom stereocenters. The normalized spacial score (nSPS) is 23.6. The van der Waals surface area contributed by atoms with E-state index in [1.165, 1.54) is 35.3 Å². The van der Waals surface area contributed by atoms with Gasteiger partial charge in [-0.15, -0.1) is 0 Å². The standard InChI is InChI=1S/C31H44N4O2/c1-24-18-29(23-32(20-24)21-25-8-6-5-7-9-25)35-13-12-26-19-28(11-10-27(26)22-35)33-14-16-34(17-15-33)30(36)37-31(2,3)4/h5-11,19,24,29H,12-18,20-23H2,1-4H3. The molecule has 2 fully saturated rings. The Bertz CT molecular complexity index is 1060. The Balaban J connectivity index is 1.17. The van der Waals surface area contributed by atoms with Gasteiger partial charge in [-0.2, -0.15) is 0 Å². The van der Waals surface area contributed by atoms with Crippen molar-refractivity contribution < 1.29 is 9.53 Å². The molecule has 0 aliphatic carbocycles. The van der Waals surface area contributed by atoms with Crippen molar-refractivity contribution in [3.05, 3.63) is 65.2 Å². The van der Waals surface area contributed by atoms with Crippen molar-refractivity contribution in [2.24, 2.45) is 5.92 Å². The number of ether oxygens (including phenoxy) is 1. The number of anilines is 1. The molecule has 0 radical (unpaired) electrons. The Morgan fingerprint density at radius 3 is 2.43 bits per heavy atom. The van der Waals surface area contributed by atoms with Crippen molar-refractivity contribution in [1.29, 1.82) is 0 Å². The van der Waals surface area contributed by atoms with E-state index < -0.39 is 5.60 Å². The van der Waals surface area contributed by atoms with Gasteiger partial charge in [-0.25, -0.2) is 4.79 Å². The van der Waals surface area contributed by atoms with Gasteiger partial charge in [0, 0.05) is 70.6 Å². The first-order valence-corrected chi connectivity index (χ1v) is 14.1. The van der Waals surface area contributed by atoms with E-state index in [0.717, 1.165) is 51.6 Å². The van der Waals surface area contributed by atoms with Gasteiger partial charge in [0.05, 0.1) is 0 Å². The Morgan fingerprint density at radius 1 is 0.946 bits per heavy atom. The highest BCUT2D eigenvalue weighted by Gasteiger charge is 2.31. The first-order chi connectivity index (χ1) is 17.7. The molecule has 1 amide bonds. The summed E-state index contributed by atoms with van der Waals surface area (Å²) in [6.07, 6.45) is 2.21. The fourth-order valence-electron chi connectivity index (χ4n) is 6.21. The molecule has 2 saturated heterocycles. The van der Waals surface area contributed by atoms with Crippen molar-refractivity contribution in [3.8, 4) is 0 Å². The van der Waals surface area contributed by atoms with Gasteiger partial charge in [0.25, 0.3) is 0 Å². The van der Waals surface area contributed by atoms with Crippen molar-refractivity contribution in [2.45, 2.75) is 65.3 Å². The zero-order valence-electron chi connectivity index (χ0n) is 23.2. The number of hydrogen-bond donors (Lipinski definition) is 0. The number of benzene rings is 2. The van der Waals surface area contributed by atoms with E-state index in [-0.39, 0.29) is 6.09 Å². The number of piperazine rings is 1. The molecule has 3 aliphatic rings. The van der Waals surface area contributed by atoms with Crippen molar-refractivity contribution in [3.63, 3.8) is 0 Å². The van der Waals surface area contributed by atoms with Crippen LogP contribution in [0.3, 0.4) is 0 Å². The maximum Gasteiger partial charge on any atom is 0.410 e. The SMILES string of the molecule is CC1CC(N2CCc3cc(N4CCN(C(=O)OC(C)(C)C)CC4)ccc3C2)CN(Cc2ccccc2)C1. The summed E-state index contributed by atoms with van der Waals surface area (Å²) in [6.45, 7) is 16.9. The molecule has 2 aromatic carbocycles. The molecule has 3 aliphatic heterocycles. The van der Waals surface area contributed by atoms with Crippen LogP contribution in [0, 0.1) is 5.92 Å². The lowest BCUT2D eigenvalue weighted by atomic mass is 9.91. The Kier molecular flexibility index (Phi) is 7.77. The number of rotatable bonds is 4. The van der Waals surface area contributed by atoms with Crippen LogP contribution in [0.15, 0.2) is 48.5 Å². The van der Waals surface area contributed by atoms with Crippen LogP contribution in [0.25, 0.3) is 0 Å². The molecule has 0 spiro atoms. The Hall–Kier alpha value is -2.57. The molecule has 6 nitrogen and oxygen atoms in total. The second kappa shape index (κ2) is 11.0. The summed E-state index contributed by atoms with van der Waals surface area (Å²) in [6, 6.07) is 18.6. The van der Waals surface area contributed by atoms with Gasteiger partial charge >= 0.3 is 6.09 Å². The molecule has 0 saturated carbocycles. The van der Waals surface area contributed by atoms with Crippen LogP contribution in [0.2, 0.25) is 0 Å². The van der Waals surface area contributed by atoms with Crippen LogP contribution in [0.1, 0.15) is 50.8 Å². The van der Waals surface area contributed by atoms with E-state index in [9.17, 15) is 4.79 Å². The minimum absolute atomic E-state index is 0.197. The monoisotopic (exact) mass is 504 g/mol. The van der Waals surface area contributed by atoms with Gasteiger partial charge in [-0.3, -0.25) is 9.80 Å². The third-order valence-electron chi connectivity index (χ3n) is 8.01. The highest BCUT2D eigenvalue weighted by molar-refractivity contribution is 5.68. The van der Waals surface area contributed by atoms with Crippen LogP contribution >= 0.6 is 0 Å². The third kappa shape index (κ3) is 6.66. The molecular formula is C31H44N4O2. The molecule has 2 atom stereocenters. The average molecular weight is 505 g/mol. The fourth-order valence-corrected chi connectivity index (χ4v) is 6.21. The lowest BCUT2D eigenvalue weighted by Gasteiger charge is -2.44. The van der Waals surface area contributed by atoms with E-state index in [2.05, 4.69) is 70.2 Å². The molecule has 6 heteroatoms. The van der Waals surface area contributed by atoms with Crippen LogP contribution in [-0.4, -0.2) is 78.2 Å². The minimum atomic E-state index is -0.448. The maximum atomic E-state index is 12.4. The molecule has 200 valence electrons. The lowest BCUT2D eigenvalue weighted by Crippen LogP contribution is -2.51. The minimum Gasteiger partial charge on any atom is -0.444 e. The van der Waals surface area contributed by atoms with Gasteiger partial charge in [0.2, 0.25) is 0 Å². The number of carbonyl (C=O) groups is 1. The molecule has 37 heavy (non-hydrogen) atoms. The molecule has 0 N–H and O–H groups in total. The summed E-state index contributed by atoms with van der Waals surface area (Å²) in [4.78, 5) is 22.1. The van der Waals surface area contributed by atoms with Gasteiger partial charge in [-0.1, -0.05) is 43.3 Å². The zero-order valence-corrected chi connectivity index (χ0v) is 23.2. The second-order valence-corrected chi connectivity index (χ2v) is 12.3. The lowest BCUT2D eigenvalue weighted by molar-refractivity contribution is 0.0240. The van der Waals surface area contributed by atoms with E-state index in [1.807, 2.05) is 25.7 Å². The van der Waals surface area contributed by atoms with Crippen LogP contribution in [0.5, 0.6) is 0 Å². The number of piperidine rings is 1. The number of nitrogens with zero attached hydrogens (tertiary/aromatic N) is 4. The van der Waals surface area contributed by atoms with E-state index in [0.29, 0.717) is 19.1 Å². The first-order valence-electron chi connectivity index (χ1n) is 14.1. The van der Waals surface area contributed by atoms with E-state index in [4.69, 9.17) is 4.74 Å². The van der Waals surface area contributed by atoms with Crippen molar-refractivity contribution in [2.75, 3.05) is 50.7 Å². The van der Waals surface area contributed by atoms with E-state index in [1.54, 1.807) is 0 Å². The quantitative estimate of drug-likeness (QED) is 0.585. The largest absolute Gasteiger partial charge is 0.444 e. The van der Waals surface area contributed by atoms with Crippen LogP contribution in [-0.2, 0) is 24.2 Å². The molecule has 0 bridgehead atoms. The summed E-state index contributed by atoms with van der Waals surface area (Å²) >= 11 is 0. The Labute approximate surface area is 223 Å². The molecule has 2 aromatic rings. The fraction of sp³-hybridized carbons (Fsp3) is 0.581. The molecule has 0 aromatic heterocycles. The molecule has 3 heterocycles.